The quantitative estimate of drug-likeness (QED) is 0.444. The molecule has 0 unspecified atom stereocenters. The summed E-state index contributed by atoms with van der Waals surface area (Å²) >= 11 is 1.72. The van der Waals surface area contributed by atoms with Crippen LogP contribution < -0.4 is 9.47 Å². The Morgan fingerprint density at radius 2 is 2.06 bits per heavy atom. The van der Waals surface area contributed by atoms with Crippen LogP contribution in [0.1, 0.15) is 37.3 Å². The minimum atomic E-state index is -0.698. The Hall–Kier alpha value is -2.39. The second-order valence-corrected chi connectivity index (χ2v) is 10.7. The van der Waals surface area contributed by atoms with E-state index >= 15 is 0 Å². The summed E-state index contributed by atoms with van der Waals surface area (Å²) in [5.74, 6) is 1.32. The van der Waals surface area contributed by atoms with Gasteiger partial charge in [-0.05, 0) is 56.3 Å². The molecule has 0 saturated carbocycles. The molecule has 1 aromatic heterocycles. The second kappa shape index (κ2) is 12.5. The zero-order valence-corrected chi connectivity index (χ0v) is 22.1. The molecule has 2 atom stereocenters. The number of amides is 1. The lowest BCUT2D eigenvalue weighted by Crippen LogP contribution is -2.48. The number of rotatable bonds is 12. The lowest BCUT2D eigenvalue weighted by Gasteiger charge is -2.37. The standard InChI is InChI=1S/C27H38N2O5S/c1-6-13-28(16-20(30)18-34-27(2,3)4)17-26(31)29-14-11-25-21(12-15-35-25)22(29)19-33-24-10-8-7-9-23(24)32-5/h6-10,12,15,20,22,30H,1,11,13-14,16-19H2,2-5H3/t20-,22+/m1/s1. The van der Waals surface area contributed by atoms with Crippen molar-refractivity contribution in [3.63, 3.8) is 0 Å². The molecular formula is C27H38N2O5S. The maximum atomic E-state index is 13.5. The van der Waals surface area contributed by atoms with E-state index in [4.69, 9.17) is 14.2 Å². The molecule has 2 aromatic rings. The number of benzene rings is 1. The Morgan fingerprint density at radius 3 is 2.74 bits per heavy atom. The second-order valence-electron chi connectivity index (χ2n) is 9.67. The van der Waals surface area contributed by atoms with Gasteiger partial charge in [-0.1, -0.05) is 18.2 Å². The van der Waals surface area contributed by atoms with Crippen LogP contribution in [-0.2, 0) is 16.0 Å². The van der Waals surface area contributed by atoms with E-state index in [1.165, 1.54) is 4.88 Å². The topological polar surface area (TPSA) is 71.5 Å². The third-order valence-electron chi connectivity index (χ3n) is 5.80. The number of hydrogen-bond acceptors (Lipinski definition) is 7. The first-order valence-electron chi connectivity index (χ1n) is 12.0. The fraction of sp³-hybridized carbons (Fsp3) is 0.519. The molecule has 1 N–H and O–H groups in total. The van der Waals surface area contributed by atoms with Gasteiger partial charge in [-0.2, -0.15) is 0 Å². The molecule has 0 fully saturated rings. The van der Waals surface area contributed by atoms with Crippen molar-refractivity contribution in [1.29, 1.82) is 0 Å². The summed E-state index contributed by atoms with van der Waals surface area (Å²) in [5, 5.41) is 12.6. The van der Waals surface area contributed by atoms with Gasteiger partial charge in [-0.3, -0.25) is 9.69 Å². The molecule has 0 aliphatic carbocycles. The molecule has 2 heterocycles. The SMILES string of the molecule is C=CCN(CC(=O)N1CCc2sccc2[C@@H]1COc1ccccc1OC)C[C@@H](O)COC(C)(C)C. The number of para-hydroxylation sites is 2. The van der Waals surface area contributed by atoms with Gasteiger partial charge in [0.15, 0.2) is 11.5 Å². The van der Waals surface area contributed by atoms with Crippen LogP contribution in [0.25, 0.3) is 0 Å². The lowest BCUT2D eigenvalue weighted by molar-refractivity contribution is -0.136. The smallest absolute Gasteiger partial charge is 0.237 e. The van der Waals surface area contributed by atoms with Gasteiger partial charge in [0, 0.05) is 24.5 Å². The van der Waals surface area contributed by atoms with Crippen molar-refractivity contribution in [3.05, 3.63) is 58.8 Å². The number of nitrogens with zero attached hydrogens (tertiary/aromatic N) is 2. The number of aliphatic hydroxyl groups is 1. The summed E-state index contributed by atoms with van der Waals surface area (Å²) < 4.78 is 17.3. The summed E-state index contributed by atoms with van der Waals surface area (Å²) in [5.41, 5.74) is 0.805. The normalized spacial score (nSPS) is 16.6. The Bertz CT molecular complexity index is 970. The van der Waals surface area contributed by atoms with Gasteiger partial charge in [0.05, 0.1) is 38.0 Å². The van der Waals surface area contributed by atoms with Gasteiger partial charge in [-0.15, -0.1) is 17.9 Å². The highest BCUT2D eigenvalue weighted by Crippen LogP contribution is 2.35. The van der Waals surface area contributed by atoms with E-state index in [-0.39, 0.29) is 30.7 Å². The van der Waals surface area contributed by atoms with E-state index < -0.39 is 6.10 Å². The maximum absolute atomic E-state index is 13.5. The number of hydrogen-bond donors (Lipinski definition) is 1. The molecule has 0 radical (unpaired) electrons. The predicted molar refractivity (Wildman–Crippen MR) is 139 cm³/mol. The Morgan fingerprint density at radius 1 is 1.31 bits per heavy atom. The number of aliphatic hydroxyl groups excluding tert-OH is 1. The summed E-state index contributed by atoms with van der Waals surface area (Å²) in [4.78, 5) is 18.6. The number of fused-ring (bicyclic) bond motifs is 1. The zero-order valence-electron chi connectivity index (χ0n) is 21.2. The van der Waals surface area contributed by atoms with Gasteiger partial charge in [-0.25, -0.2) is 0 Å². The molecule has 3 rings (SSSR count). The number of methoxy groups -OCH3 is 1. The van der Waals surface area contributed by atoms with Gasteiger partial charge in [0.1, 0.15) is 6.61 Å². The molecule has 1 aliphatic heterocycles. The highest BCUT2D eigenvalue weighted by molar-refractivity contribution is 7.10. The first-order valence-corrected chi connectivity index (χ1v) is 12.9. The van der Waals surface area contributed by atoms with Gasteiger partial charge in [0.25, 0.3) is 0 Å². The largest absolute Gasteiger partial charge is 0.493 e. The van der Waals surface area contributed by atoms with Crippen molar-refractivity contribution in [2.75, 3.05) is 46.5 Å². The molecule has 1 aliphatic rings. The highest BCUT2D eigenvalue weighted by atomic mass is 32.1. The van der Waals surface area contributed by atoms with Crippen LogP contribution in [0.4, 0.5) is 0 Å². The van der Waals surface area contributed by atoms with Crippen molar-refractivity contribution >= 4 is 17.2 Å². The summed E-state index contributed by atoms with van der Waals surface area (Å²) in [6, 6.07) is 9.42. The van der Waals surface area contributed by atoms with Crippen LogP contribution in [0, 0.1) is 0 Å². The summed E-state index contributed by atoms with van der Waals surface area (Å²) in [6.45, 7) is 11.9. The number of carbonyl (C=O) groups is 1. The Kier molecular flexibility index (Phi) is 9.74. The molecule has 0 spiro atoms. The number of carbonyl (C=O) groups excluding carboxylic acids is 1. The molecule has 1 aromatic carbocycles. The van der Waals surface area contributed by atoms with Crippen LogP contribution in [-0.4, -0.2) is 79.0 Å². The molecule has 8 heteroatoms. The van der Waals surface area contributed by atoms with E-state index in [0.29, 0.717) is 37.7 Å². The van der Waals surface area contributed by atoms with Gasteiger partial charge in [0.2, 0.25) is 5.91 Å². The predicted octanol–water partition coefficient (Wildman–Crippen LogP) is 3.93. The fourth-order valence-corrected chi connectivity index (χ4v) is 5.07. The van der Waals surface area contributed by atoms with E-state index in [9.17, 15) is 9.90 Å². The van der Waals surface area contributed by atoms with Crippen LogP contribution in [0.5, 0.6) is 11.5 Å². The van der Waals surface area contributed by atoms with E-state index in [2.05, 4.69) is 18.0 Å². The van der Waals surface area contributed by atoms with Crippen molar-refractivity contribution in [2.45, 2.75) is 44.9 Å². The monoisotopic (exact) mass is 502 g/mol. The highest BCUT2D eigenvalue weighted by Gasteiger charge is 2.33. The molecule has 192 valence electrons. The minimum Gasteiger partial charge on any atom is -0.493 e. The van der Waals surface area contributed by atoms with Crippen molar-refractivity contribution in [1.82, 2.24) is 9.80 Å². The third kappa shape index (κ3) is 7.80. The Balaban J connectivity index is 1.70. The first kappa shape index (κ1) is 27.2. The van der Waals surface area contributed by atoms with Crippen molar-refractivity contribution in [3.8, 4) is 11.5 Å². The molecule has 35 heavy (non-hydrogen) atoms. The van der Waals surface area contributed by atoms with Crippen LogP contribution >= 0.6 is 11.3 Å². The Labute approximate surface area is 212 Å². The van der Waals surface area contributed by atoms with E-state index in [1.54, 1.807) is 24.5 Å². The average molecular weight is 503 g/mol. The lowest BCUT2D eigenvalue weighted by atomic mass is 10.0. The zero-order chi connectivity index (χ0) is 25.4. The average Bonchev–Trinajstić information content (AvgIpc) is 3.30. The van der Waals surface area contributed by atoms with Crippen molar-refractivity contribution < 1.29 is 24.1 Å². The number of ether oxygens (including phenoxy) is 3. The fourth-order valence-electron chi connectivity index (χ4n) is 4.15. The summed E-state index contributed by atoms with van der Waals surface area (Å²) in [6.07, 6.45) is 1.88. The maximum Gasteiger partial charge on any atom is 0.237 e. The number of thiophene rings is 1. The van der Waals surface area contributed by atoms with Crippen LogP contribution in [0.3, 0.4) is 0 Å². The van der Waals surface area contributed by atoms with Crippen LogP contribution in [0.15, 0.2) is 48.4 Å². The molecule has 1 amide bonds. The molecule has 7 nitrogen and oxygen atoms in total. The molecule has 0 saturated heterocycles. The minimum absolute atomic E-state index is 0.00117. The van der Waals surface area contributed by atoms with Gasteiger partial charge < -0.3 is 24.2 Å². The summed E-state index contributed by atoms with van der Waals surface area (Å²) in [7, 11) is 1.62. The van der Waals surface area contributed by atoms with Crippen LogP contribution in [0.2, 0.25) is 0 Å². The van der Waals surface area contributed by atoms with Crippen molar-refractivity contribution in [2.24, 2.45) is 0 Å². The molecular weight excluding hydrogens is 464 g/mol. The third-order valence-corrected chi connectivity index (χ3v) is 6.80. The van der Waals surface area contributed by atoms with E-state index in [1.807, 2.05) is 54.8 Å². The first-order chi connectivity index (χ1) is 16.7. The van der Waals surface area contributed by atoms with Gasteiger partial charge >= 0.3 is 0 Å². The van der Waals surface area contributed by atoms with E-state index in [0.717, 1.165) is 12.0 Å². The molecule has 0 bridgehead atoms.